The normalized spacial score (nSPS) is 14.6. The van der Waals surface area contributed by atoms with Crippen LogP contribution in [-0.4, -0.2) is 68.5 Å². The van der Waals surface area contributed by atoms with E-state index < -0.39 is 20.0 Å². The Balaban J connectivity index is 4.29. The number of hydrogen-bond donors (Lipinski definition) is 2. The van der Waals surface area contributed by atoms with Gasteiger partial charge in [0.05, 0.1) is 39.9 Å². The SMILES string of the molecule is CCCCCCCCC/C=C/[C@@H](O)[C@H](COP(=O)([O-])OCC[N+](C)(C)C)NC(=O)CCCCCCCCCCCCCCCCCCCCC. The zero-order chi connectivity index (χ0) is 37.2. The first-order valence-corrected chi connectivity index (χ1v) is 22.5. The number of allylic oxidation sites excluding steroid dienone is 1. The van der Waals surface area contributed by atoms with Crippen LogP contribution in [0.3, 0.4) is 0 Å². The van der Waals surface area contributed by atoms with Crippen LogP contribution >= 0.6 is 7.82 Å². The molecule has 0 fully saturated rings. The molecule has 0 aliphatic rings. The maximum Gasteiger partial charge on any atom is 0.268 e. The average molecular weight is 731 g/mol. The van der Waals surface area contributed by atoms with Crippen LogP contribution < -0.4 is 10.2 Å². The maximum absolute atomic E-state index is 12.8. The fourth-order valence-corrected chi connectivity index (χ4v) is 6.82. The highest BCUT2D eigenvalue weighted by molar-refractivity contribution is 7.45. The summed E-state index contributed by atoms with van der Waals surface area (Å²) in [5, 5.41) is 13.7. The number of nitrogens with one attached hydrogen (secondary N) is 1. The van der Waals surface area contributed by atoms with Crippen molar-refractivity contribution in [3.05, 3.63) is 12.2 Å². The summed E-state index contributed by atoms with van der Waals surface area (Å²) in [6.45, 7) is 4.62. The van der Waals surface area contributed by atoms with Crippen molar-refractivity contribution in [3.63, 3.8) is 0 Å². The molecule has 1 amide bonds. The summed E-state index contributed by atoms with van der Waals surface area (Å²) in [5.74, 6) is -0.197. The molecule has 50 heavy (non-hydrogen) atoms. The molecule has 3 atom stereocenters. The standard InChI is InChI=1S/C41H83N2O6P/c1-6-8-10-12-14-16-17-18-19-20-21-22-23-24-25-27-29-31-33-35-41(45)42-39(38-49-50(46,47)48-37-36-43(3,4)5)40(44)34-32-30-28-26-15-13-11-9-7-2/h32,34,39-40,44H,6-31,33,35-38H2,1-5H3,(H-,42,45,46,47)/b34-32+/t39-,40+/m0/s1. The van der Waals surface area contributed by atoms with Gasteiger partial charge in [0, 0.05) is 6.42 Å². The van der Waals surface area contributed by atoms with Gasteiger partial charge in [-0.15, -0.1) is 0 Å². The number of rotatable bonds is 38. The minimum absolute atomic E-state index is 0.00159. The van der Waals surface area contributed by atoms with Gasteiger partial charge in [0.2, 0.25) is 5.91 Å². The molecule has 9 heteroatoms. The molecule has 0 spiro atoms. The van der Waals surface area contributed by atoms with E-state index in [2.05, 4.69) is 19.2 Å². The van der Waals surface area contributed by atoms with Crippen LogP contribution in [0, 0.1) is 0 Å². The van der Waals surface area contributed by atoms with Crippen molar-refractivity contribution in [1.82, 2.24) is 5.32 Å². The zero-order valence-corrected chi connectivity index (χ0v) is 34.5. The summed E-state index contributed by atoms with van der Waals surface area (Å²) in [5.41, 5.74) is 0. The predicted molar refractivity (Wildman–Crippen MR) is 210 cm³/mol. The number of nitrogens with zero attached hydrogens (tertiary/aromatic N) is 1. The number of carbonyl (C=O) groups is 1. The smallest absolute Gasteiger partial charge is 0.268 e. The Hall–Kier alpha value is -0.760. The Labute approximate surface area is 310 Å². The summed E-state index contributed by atoms with van der Waals surface area (Å²) in [6.07, 6.45) is 36.9. The second kappa shape index (κ2) is 34.0. The molecule has 0 radical (unpaired) electrons. The van der Waals surface area contributed by atoms with Gasteiger partial charge in [0.25, 0.3) is 7.82 Å². The number of aliphatic hydroxyl groups is 1. The molecule has 0 aliphatic carbocycles. The lowest BCUT2D eigenvalue weighted by Crippen LogP contribution is -2.45. The first kappa shape index (κ1) is 49.2. The summed E-state index contributed by atoms with van der Waals surface area (Å²) in [6, 6.07) is -0.877. The van der Waals surface area contributed by atoms with E-state index in [1.807, 2.05) is 27.2 Å². The topological polar surface area (TPSA) is 108 Å². The van der Waals surface area contributed by atoms with Crippen molar-refractivity contribution in [3.8, 4) is 0 Å². The lowest BCUT2D eigenvalue weighted by atomic mass is 10.0. The third kappa shape index (κ3) is 35.6. The van der Waals surface area contributed by atoms with E-state index in [0.29, 0.717) is 17.4 Å². The Morgan fingerprint density at radius 3 is 1.50 bits per heavy atom. The molecule has 298 valence electrons. The van der Waals surface area contributed by atoms with E-state index in [4.69, 9.17) is 9.05 Å². The molecule has 0 rings (SSSR count). The Morgan fingerprint density at radius 1 is 0.680 bits per heavy atom. The third-order valence-electron chi connectivity index (χ3n) is 9.50. The number of aliphatic hydroxyl groups excluding tert-OH is 1. The Morgan fingerprint density at radius 2 is 1.08 bits per heavy atom. The number of quaternary nitrogens is 1. The zero-order valence-electron chi connectivity index (χ0n) is 33.6. The maximum atomic E-state index is 12.8. The number of hydrogen-bond acceptors (Lipinski definition) is 6. The van der Waals surface area contributed by atoms with Crippen LogP contribution in [0.25, 0.3) is 0 Å². The minimum atomic E-state index is -4.57. The van der Waals surface area contributed by atoms with Crippen LogP contribution in [0.2, 0.25) is 0 Å². The van der Waals surface area contributed by atoms with Crippen LogP contribution in [0.15, 0.2) is 12.2 Å². The number of likely N-dealkylation sites (N-methyl/N-ethyl adjacent to an activating group) is 1. The summed E-state index contributed by atoms with van der Waals surface area (Å²) < 4.78 is 23.1. The summed E-state index contributed by atoms with van der Waals surface area (Å²) in [7, 11) is 1.27. The fraction of sp³-hybridized carbons (Fsp3) is 0.927. The van der Waals surface area contributed by atoms with Crippen LogP contribution in [0.5, 0.6) is 0 Å². The van der Waals surface area contributed by atoms with Gasteiger partial charge < -0.3 is 28.8 Å². The number of amides is 1. The number of carbonyl (C=O) groups excluding carboxylic acids is 1. The van der Waals surface area contributed by atoms with Crippen molar-refractivity contribution in [2.75, 3.05) is 40.9 Å². The lowest BCUT2D eigenvalue weighted by Gasteiger charge is -2.29. The van der Waals surface area contributed by atoms with E-state index in [0.717, 1.165) is 38.5 Å². The first-order chi connectivity index (χ1) is 24.0. The second-order valence-electron chi connectivity index (χ2n) is 15.7. The molecule has 1 unspecified atom stereocenters. The quantitative estimate of drug-likeness (QED) is 0.0283. The molecule has 0 saturated carbocycles. The van der Waals surface area contributed by atoms with E-state index in [1.54, 1.807) is 6.08 Å². The summed E-state index contributed by atoms with van der Waals surface area (Å²) >= 11 is 0. The number of phosphoric ester groups is 1. The molecule has 0 aliphatic heterocycles. The van der Waals surface area contributed by atoms with Crippen LogP contribution in [0.4, 0.5) is 0 Å². The second-order valence-corrected chi connectivity index (χ2v) is 17.1. The fourth-order valence-electron chi connectivity index (χ4n) is 6.09. The van der Waals surface area contributed by atoms with Crippen LogP contribution in [-0.2, 0) is 18.4 Å². The molecular weight excluding hydrogens is 647 g/mol. The molecule has 0 heterocycles. The van der Waals surface area contributed by atoms with Gasteiger partial charge in [-0.2, -0.15) is 0 Å². The summed E-state index contributed by atoms with van der Waals surface area (Å²) in [4.78, 5) is 25.2. The minimum Gasteiger partial charge on any atom is -0.756 e. The van der Waals surface area contributed by atoms with Gasteiger partial charge in [-0.1, -0.05) is 180 Å². The van der Waals surface area contributed by atoms with Gasteiger partial charge in [-0.25, -0.2) is 0 Å². The van der Waals surface area contributed by atoms with Gasteiger partial charge in [-0.05, 0) is 19.3 Å². The Kier molecular flexibility index (Phi) is 33.5. The van der Waals surface area contributed by atoms with Gasteiger partial charge in [0.15, 0.2) is 0 Å². The van der Waals surface area contributed by atoms with Crippen molar-refractivity contribution in [2.24, 2.45) is 0 Å². The monoisotopic (exact) mass is 731 g/mol. The molecular formula is C41H83N2O6P. The predicted octanol–water partition coefficient (Wildman–Crippen LogP) is 10.6. The van der Waals surface area contributed by atoms with Crippen molar-refractivity contribution >= 4 is 13.7 Å². The number of phosphoric acid groups is 1. The van der Waals surface area contributed by atoms with Crippen molar-refractivity contribution in [1.29, 1.82) is 0 Å². The largest absolute Gasteiger partial charge is 0.756 e. The molecule has 0 aromatic heterocycles. The Bertz CT molecular complexity index is 834. The molecule has 0 bridgehead atoms. The molecule has 0 aromatic carbocycles. The van der Waals surface area contributed by atoms with Gasteiger partial charge in [-0.3, -0.25) is 9.36 Å². The molecule has 0 aromatic rings. The van der Waals surface area contributed by atoms with E-state index in [9.17, 15) is 19.4 Å². The highest BCUT2D eigenvalue weighted by Crippen LogP contribution is 2.38. The van der Waals surface area contributed by atoms with E-state index >= 15 is 0 Å². The highest BCUT2D eigenvalue weighted by atomic mass is 31.2. The van der Waals surface area contributed by atoms with Gasteiger partial charge >= 0.3 is 0 Å². The molecule has 0 saturated heterocycles. The third-order valence-corrected chi connectivity index (χ3v) is 10.5. The molecule has 2 N–H and O–H groups in total. The van der Waals surface area contributed by atoms with Crippen molar-refractivity contribution in [2.45, 2.75) is 206 Å². The van der Waals surface area contributed by atoms with Gasteiger partial charge in [0.1, 0.15) is 13.2 Å². The first-order valence-electron chi connectivity index (χ1n) is 21.1. The molecule has 8 nitrogen and oxygen atoms in total. The van der Waals surface area contributed by atoms with Crippen LogP contribution in [0.1, 0.15) is 194 Å². The van der Waals surface area contributed by atoms with E-state index in [1.165, 1.54) is 135 Å². The van der Waals surface area contributed by atoms with Crippen molar-refractivity contribution < 1.29 is 32.9 Å². The number of unbranched alkanes of at least 4 members (excludes halogenated alkanes) is 25. The lowest BCUT2D eigenvalue weighted by molar-refractivity contribution is -0.870. The average Bonchev–Trinajstić information content (AvgIpc) is 3.06. The van der Waals surface area contributed by atoms with E-state index in [-0.39, 0.29) is 19.1 Å². The highest BCUT2D eigenvalue weighted by Gasteiger charge is 2.23.